The van der Waals surface area contributed by atoms with Gasteiger partial charge in [0.25, 0.3) is 5.91 Å². The van der Waals surface area contributed by atoms with Gasteiger partial charge in [-0.2, -0.15) is 0 Å². The predicted molar refractivity (Wildman–Crippen MR) is 83.0 cm³/mol. The van der Waals surface area contributed by atoms with Gasteiger partial charge >= 0.3 is 0 Å². The summed E-state index contributed by atoms with van der Waals surface area (Å²) in [5.41, 5.74) is 2.87. The third-order valence-electron chi connectivity index (χ3n) is 3.52. The Kier molecular flexibility index (Phi) is 4.70. The van der Waals surface area contributed by atoms with Crippen LogP contribution in [0.3, 0.4) is 0 Å². The van der Waals surface area contributed by atoms with Gasteiger partial charge in [-0.15, -0.1) is 0 Å². The summed E-state index contributed by atoms with van der Waals surface area (Å²) in [6.07, 6.45) is 0. The third-order valence-corrected chi connectivity index (χ3v) is 3.52. The van der Waals surface area contributed by atoms with Crippen LogP contribution in [0.5, 0.6) is 0 Å². The Labute approximate surface area is 124 Å². The first-order chi connectivity index (χ1) is 10.0. The second-order valence-electron chi connectivity index (χ2n) is 5.05. The molecule has 2 N–H and O–H groups in total. The van der Waals surface area contributed by atoms with Gasteiger partial charge in [0.2, 0.25) is 0 Å². The molecule has 2 aromatic carbocycles. The van der Waals surface area contributed by atoms with E-state index in [0.717, 1.165) is 11.1 Å². The number of aryl methyl sites for hydroxylation is 1. The molecule has 110 valence electrons. The van der Waals surface area contributed by atoms with Crippen LogP contribution in [0.1, 0.15) is 34.5 Å². The summed E-state index contributed by atoms with van der Waals surface area (Å²) in [4.78, 5) is 12.2. The van der Waals surface area contributed by atoms with Crippen LogP contribution in [0.2, 0.25) is 0 Å². The molecule has 0 saturated heterocycles. The van der Waals surface area contributed by atoms with Crippen LogP contribution in [0, 0.1) is 12.7 Å². The van der Waals surface area contributed by atoms with E-state index in [1.54, 1.807) is 13.0 Å². The summed E-state index contributed by atoms with van der Waals surface area (Å²) in [6.45, 7) is 3.82. The number of rotatable bonds is 4. The van der Waals surface area contributed by atoms with Crippen molar-refractivity contribution in [1.82, 2.24) is 5.32 Å². The topological polar surface area (TPSA) is 41.1 Å². The minimum absolute atomic E-state index is 0.192. The van der Waals surface area contributed by atoms with Crippen molar-refractivity contribution in [2.24, 2.45) is 0 Å². The van der Waals surface area contributed by atoms with Gasteiger partial charge in [-0.3, -0.25) is 4.79 Å². The summed E-state index contributed by atoms with van der Waals surface area (Å²) < 4.78 is 13.3. The lowest BCUT2D eigenvalue weighted by Gasteiger charge is -2.13. The first-order valence-corrected chi connectivity index (χ1v) is 6.86. The average molecular weight is 286 g/mol. The lowest BCUT2D eigenvalue weighted by atomic mass is 10.1. The molecule has 0 radical (unpaired) electrons. The maximum absolute atomic E-state index is 13.3. The number of hydrogen-bond donors (Lipinski definition) is 2. The maximum atomic E-state index is 13.3. The number of carbonyl (C=O) groups excluding carboxylic acids is 1. The van der Waals surface area contributed by atoms with E-state index in [0.29, 0.717) is 11.3 Å². The predicted octanol–water partition coefficient (Wildman–Crippen LogP) is 3.67. The van der Waals surface area contributed by atoms with E-state index in [1.807, 2.05) is 38.2 Å². The van der Waals surface area contributed by atoms with Gasteiger partial charge in [0.15, 0.2) is 0 Å². The highest BCUT2D eigenvalue weighted by Crippen LogP contribution is 2.18. The summed E-state index contributed by atoms with van der Waals surface area (Å²) in [7, 11) is 1.88. The Bertz CT molecular complexity index is 655. The molecular formula is C17H19FN2O. The quantitative estimate of drug-likeness (QED) is 0.900. The first kappa shape index (κ1) is 15.2. The largest absolute Gasteiger partial charge is 0.322 e. The number of benzene rings is 2. The Morgan fingerprint density at radius 2 is 1.95 bits per heavy atom. The lowest BCUT2D eigenvalue weighted by molar-refractivity contribution is 0.102. The molecule has 0 heterocycles. The molecule has 2 rings (SSSR count). The zero-order chi connectivity index (χ0) is 15.4. The van der Waals surface area contributed by atoms with Gasteiger partial charge in [-0.25, -0.2) is 4.39 Å². The SMILES string of the molecule is CNC(C)c1cccc(NC(=O)c2cc(F)ccc2C)c1. The Balaban J connectivity index is 2.21. The third kappa shape index (κ3) is 3.67. The van der Waals surface area contributed by atoms with E-state index >= 15 is 0 Å². The Morgan fingerprint density at radius 3 is 2.67 bits per heavy atom. The smallest absolute Gasteiger partial charge is 0.256 e. The van der Waals surface area contributed by atoms with Crippen LogP contribution in [-0.2, 0) is 0 Å². The number of amides is 1. The highest BCUT2D eigenvalue weighted by atomic mass is 19.1. The van der Waals surface area contributed by atoms with Gasteiger partial charge in [0, 0.05) is 17.3 Å². The van der Waals surface area contributed by atoms with Crippen molar-refractivity contribution in [3.05, 3.63) is 65.0 Å². The van der Waals surface area contributed by atoms with Crippen LogP contribution in [0.15, 0.2) is 42.5 Å². The molecule has 0 aliphatic rings. The molecule has 0 aromatic heterocycles. The summed E-state index contributed by atoms with van der Waals surface area (Å²) in [6, 6.07) is 12.0. The molecule has 0 aliphatic heterocycles. The van der Waals surface area contributed by atoms with Gasteiger partial charge in [-0.1, -0.05) is 18.2 Å². The second kappa shape index (κ2) is 6.50. The molecule has 4 heteroatoms. The fraction of sp³-hybridized carbons (Fsp3) is 0.235. The highest BCUT2D eigenvalue weighted by molar-refractivity contribution is 6.05. The minimum atomic E-state index is -0.414. The molecule has 0 saturated carbocycles. The summed E-state index contributed by atoms with van der Waals surface area (Å²) >= 11 is 0. The van der Waals surface area contributed by atoms with Gasteiger partial charge in [0.05, 0.1) is 0 Å². The zero-order valence-electron chi connectivity index (χ0n) is 12.4. The van der Waals surface area contributed by atoms with E-state index in [9.17, 15) is 9.18 Å². The van der Waals surface area contributed by atoms with Crippen molar-refractivity contribution in [2.45, 2.75) is 19.9 Å². The number of halogens is 1. The van der Waals surface area contributed by atoms with Crippen molar-refractivity contribution >= 4 is 11.6 Å². The summed E-state index contributed by atoms with van der Waals surface area (Å²) in [5.74, 6) is -0.718. The van der Waals surface area contributed by atoms with Crippen LogP contribution in [0.25, 0.3) is 0 Å². The molecule has 0 spiro atoms. The van der Waals surface area contributed by atoms with E-state index in [4.69, 9.17) is 0 Å². The molecule has 3 nitrogen and oxygen atoms in total. The number of carbonyl (C=O) groups is 1. The normalized spacial score (nSPS) is 12.0. The van der Waals surface area contributed by atoms with Crippen molar-refractivity contribution in [1.29, 1.82) is 0 Å². The van der Waals surface area contributed by atoms with Crippen molar-refractivity contribution < 1.29 is 9.18 Å². The Hall–Kier alpha value is -2.20. The molecule has 1 atom stereocenters. The van der Waals surface area contributed by atoms with Crippen molar-refractivity contribution in [2.75, 3.05) is 12.4 Å². The molecule has 0 fully saturated rings. The molecule has 0 aliphatic carbocycles. The molecular weight excluding hydrogens is 267 g/mol. The van der Waals surface area contributed by atoms with Gasteiger partial charge < -0.3 is 10.6 Å². The van der Waals surface area contributed by atoms with Crippen LogP contribution in [-0.4, -0.2) is 13.0 Å². The van der Waals surface area contributed by atoms with E-state index in [2.05, 4.69) is 10.6 Å². The van der Waals surface area contributed by atoms with Crippen LogP contribution >= 0.6 is 0 Å². The maximum Gasteiger partial charge on any atom is 0.256 e. The number of hydrogen-bond acceptors (Lipinski definition) is 2. The second-order valence-corrected chi connectivity index (χ2v) is 5.05. The number of nitrogens with one attached hydrogen (secondary N) is 2. The van der Waals surface area contributed by atoms with E-state index < -0.39 is 5.82 Å². The molecule has 0 bridgehead atoms. The molecule has 1 amide bonds. The summed E-state index contributed by atoms with van der Waals surface area (Å²) in [5, 5.41) is 5.96. The monoisotopic (exact) mass is 286 g/mol. The minimum Gasteiger partial charge on any atom is -0.322 e. The fourth-order valence-electron chi connectivity index (χ4n) is 2.09. The lowest BCUT2D eigenvalue weighted by Crippen LogP contribution is -2.15. The van der Waals surface area contributed by atoms with Crippen molar-refractivity contribution in [3.63, 3.8) is 0 Å². The standard InChI is InChI=1S/C17H19FN2O/c1-11-7-8-14(18)10-16(11)17(21)20-15-6-4-5-13(9-15)12(2)19-3/h4-10,12,19H,1-3H3,(H,20,21). The Morgan fingerprint density at radius 1 is 1.19 bits per heavy atom. The van der Waals surface area contributed by atoms with Gasteiger partial charge in [-0.05, 0) is 56.3 Å². The zero-order valence-corrected chi connectivity index (χ0v) is 12.4. The molecule has 1 unspecified atom stereocenters. The molecule has 2 aromatic rings. The van der Waals surface area contributed by atoms with Crippen LogP contribution in [0.4, 0.5) is 10.1 Å². The molecule has 21 heavy (non-hydrogen) atoms. The fourth-order valence-corrected chi connectivity index (χ4v) is 2.09. The first-order valence-electron chi connectivity index (χ1n) is 6.86. The van der Waals surface area contributed by atoms with Crippen molar-refractivity contribution in [3.8, 4) is 0 Å². The number of anilines is 1. The van der Waals surface area contributed by atoms with Crippen LogP contribution < -0.4 is 10.6 Å². The van der Waals surface area contributed by atoms with E-state index in [-0.39, 0.29) is 11.9 Å². The average Bonchev–Trinajstić information content (AvgIpc) is 2.49. The van der Waals surface area contributed by atoms with Gasteiger partial charge in [0.1, 0.15) is 5.82 Å². The van der Waals surface area contributed by atoms with E-state index in [1.165, 1.54) is 12.1 Å². The highest BCUT2D eigenvalue weighted by Gasteiger charge is 2.11.